The molecule has 10 heteroatoms. The number of urea groups is 1. The van der Waals surface area contributed by atoms with Gasteiger partial charge in [0.1, 0.15) is 35.1 Å². The van der Waals surface area contributed by atoms with Crippen molar-refractivity contribution in [2.24, 2.45) is 0 Å². The first-order valence-corrected chi connectivity index (χ1v) is 11.7. The molecular weight excluding hydrogens is 489 g/mol. The molecule has 0 spiro atoms. The minimum Gasteiger partial charge on any atom is -0.487 e. The Bertz CT molecular complexity index is 1430. The number of benzene rings is 2. The molecule has 2 heterocycles. The van der Waals surface area contributed by atoms with Gasteiger partial charge >= 0.3 is 6.03 Å². The van der Waals surface area contributed by atoms with E-state index < -0.39 is 0 Å². The summed E-state index contributed by atoms with van der Waals surface area (Å²) in [6.45, 7) is 0.447. The average Bonchev–Trinajstić information content (AvgIpc) is 3.25. The largest absolute Gasteiger partial charge is 0.487 e. The minimum atomic E-state index is -0.313. The van der Waals surface area contributed by atoms with Crippen LogP contribution in [0.15, 0.2) is 54.9 Å². The number of nitrogens with one attached hydrogen (secondary N) is 2. The van der Waals surface area contributed by atoms with Gasteiger partial charge in [-0.1, -0.05) is 35.6 Å². The summed E-state index contributed by atoms with van der Waals surface area (Å²) < 4.78 is 19.1. The number of thiophene rings is 1. The lowest BCUT2D eigenvalue weighted by atomic mass is 10.2. The molecule has 0 radical (unpaired) electrons. The maximum absolute atomic E-state index is 13.4. The molecule has 0 aliphatic heterocycles. The number of fused-ring (bicyclic) bond motifs is 1. The highest BCUT2D eigenvalue weighted by atomic mass is 35.5. The Morgan fingerprint density at radius 3 is 2.83 bits per heavy atom. The van der Waals surface area contributed by atoms with E-state index in [9.17, 15) is 9.18 Å². The van der Waals surface area contributed by atoms with Crippen LogP contribution in [0.1, 0.15) is 10.4 Å². The van der Waals surface area contributed by atoms with Crippen LogP contribution >= 0.6 is 22.9 Å². The molecule has 2 N–H and O–H groups in total. The third-order valence-corrected chi connectivity index (χ3v) is 6.01. The first-order valence-electron chi connectivity index (χ1n) is 10.5. The van der Waals surface area contributed by atoms with Crippen molar-refractivity contribution < 1.29 is 13.9 Å². The van der Waals surface area contributed by atoms with E-state index >= 15 is 0 Å². The van der Waals surface area contributed by atoms with E-state index in [4.69, 9.17) is 16.3 Å². The summed E-state index contributed by atoms with van der Waals surface area (Å²) in [6, 6.07) is 13.2. The van der Waals surface area contributed by atoms with Crippen LogP contribution in [-0.4, -0.2) is 41.5 Å². The van der Waals surface area contributed by atoms with Gasteiger partial charge in [0.05, 0.1) is 21.8 Å². The van der Waals surface area contributed by atoms with Crippen molar-refractivity contribution in [1.29, 1.82) is 0 Å². The zero-order valence-electron chi connectivity index (χ0n) is 18.9. The molecule has 0 saturated heterocycles. The van der Waals surface area contributed by atoms with Gasteiger partial charge < -0.3 is 20.3 Å². The van der Waals surface area contributed by atoms with Gasteiger partial charge in [-0.25, -0.2) is 19.2 Å². The van der Waals surface area contributed by atoms with Gasteiger partial charge in [-0.3, -0.25) is 0 Å². The van der Waals surface area contributed by atoms with E-state index in [0.717, 1.165) is 20.8 Å². The Morgan fingerprint density at radius 2 is 2.06 bits per heavy atom. The highest BCUT2D eigenvalue weighted by Crippen LogP contribution is 2.33. The van der Waals surface area contributed by atoms with E-state index in [1.165, 1.54) is 34.7 Å². The second-order valence-corrected chi connectivity index (χ2v) is 9.03. The maximum atomic E-state index is 13.4. The van der Waals surface area contributed by atoms with Crippen LogP contribution < -0.4 is 15.4 Å². The van der Waals surface area contributed by atoms with Crippen LogP contribution in [0.5, 0.6) is 5.75 Å². The fourth-order valence-electron chi connectivity index (χ4n) is 3.05. The SMILES string of the molecule is CN(C)C(=O)NCC#Cc1cc2c(Nc3ccc(OCc4cccc(F)c4)c(Cl)c3)ncnc2s1. The summed E-state index contributed by atoms with van der Waals surface area (Å²) in [5.41, 5.74) is 1.43. The molecule has 0 aliphatic carbocycles. The number of rotatable bonds is 6. The van der Waals surface area contributed by atoms with Crippen molar-refractivity contribution in [3.8, 4) is 17.6 Å². The fourth-order valence-corrected chi connectivity index (χ4v) is 4.15. The summed E-state index contributed by atoms with van der Waals surface area (Å²) in [4.78, 5) is 23.3. The number of halogens is 2. The van der Waals surface area contributed by atoms with E-state index in [1.807, 2.05) is 12.1 Å². The van der Waals surface area contributed by atoms with Crippen LogP contribution in [0.2, 0.25) is 5.02 Å². The van der Waals surface area contributed by atoms with Gasteiger partial charge in [0.25, 0.3) is 0 Å². The zero-order valence-corrected chi connectivity index (χ0v) is 20.5. The summed E-state index contributed by atoms with van der Waals surface area (Å²) >= 11 is 7.84. The van der Waals surface area contributed by atoms with E-state index in [-0.39, 0.29) is 25.0 Å². The van der Waals surface area contributed by atoms with Crippen LogP contribution in [-0.2, 0) is 6.61 Å². The number of hydrogen-bond acceptors (Lipinski definition) is 6. The molecule has 0 unspecified atom stereocenters. The monoisotopic (exact) mass is 509 g/mol. The molecular formula is C25H21ClFN5O2S. The number of carbonyl (C=O) groups is 1. The lowest BCUT2D eigenvalue weighted by Gasteiger charge is -2.11. The maximum Gasteiger partial charge on any atom is 0.317 e. The smallest absolute Gasteiger partial charge is 0.317 e. The van der Waals surface area contributed by atoms with Crippen LogP contribution in [0.3, 0.4) is 0 Å². The van der Waals surface area contributed by atoms with E-state index in [1.54, 1.807) is 38.4 Å². The van der Waals surface area contributed by atoms with Gasteiger partial charge in [-0.2, -0.15) is 0 Å². The highest BCUT2D eigenvalue weighted by Gasteiger charge is 2.10. The Kier molecular flexibility index (Phi) is 7.65. The van der Waals surface area contributed by atoms with Gasteiger partial charge in [-0.15, -0.1) is 11.3 Å². The lowest BCUT2D eigenvalue weighted by molar-refractivity contribution is 0.219. The number of anilines is 2. The van der Waals surface area contributed by atoms with Crippen molar-refractivity contribution >= 4 is 50.7 Å². The predicted molar refractivity (Wildman–Crippen MR) is 137 cm³/mol. The second kappa shape index (κ2) is 11.0. The van der Waals surface area contributed by atoms with Crippen LogP contribution in [0.25, 0.3) is 10.2 Å². The fraction of sp³-hybridized carbons (Fsp3) is 0.160. The third kappa shape index (κ3) is 6.38. The van der Waals surface area contributed by atoms with Crippen LogP contribution in [0.4, 0.5) is 20.7 Å². The third-order valence-electron chi connectivity index (χ3n) is 4.75. The number of hydrogen-bond donors (Lipinski definition) is 2. The number of aromatic nitrogens is 2. The summed E-state index contributed by atoms with van der Waals surface area (Å²) in [5.74, 6) is 6.78. The number of amides is 2. The molecule has 2 amide bonds. The average molecular weight is 510 g/mol. The zero-order chi connectivity index (χ0) is 24.8. The molecule has 4 rings (SSSR count). The van der Waals surface area contributed by atoms with Gasteiger partial charge in [-0.05, 0) is 42.0 Å². The molecule has 2 aromatic heterocycles. The van der Waals surface area contributed by atoms with Gasteiger partial charge in [0.2, 0.25) is 0 Å². The first-order chi connectivity index (χ1) is 16.9. The quantitative estimate of drug-likeness (QED) is 0.339. The predicted octanol–water partition coefficient (Wildman–Crippen LogP) is 5.43. The summed E-state index contributed by atoms with van der Waals surface area (Å²) in [6.07, 6.45) is 1.48. The van der Waals surface area contributed by atoms with Gasteiger partial charge in [0, 0.05) is 19.8 Å². The molecule has 2 aromatic carbocycles. The van der Waals surface area contributed by atoms with Crippen molar-refractivity contribution in [3.63, 3.8) is 0 Å². The highest BCUT2D eigenvalue weighted by molar-refractivity contribution is 7.19. The van der Waals surface area contributed by atoms with Crippen molar-refractivity contribution in [3.05, 3.63) is 76.1 Å². The normalized spacial score (nSPS) is 10.4. The molecule has 0 bridgehead atoms. The second-order valence-electron chi connectivity index (χ2n) is 7.60. The van der Waals surface area contributed by atoms with E-state index in [2.05, 4.69) is 32.4 Å². The Balaban J connectivity index is 1.44. The standard InChI is InChI=1S/C25H21ClFN5O2S/c1-32(2)25(33)28-10-4-7-19-13-20-23(29-15-30-24(20)35-19)31-18-8-9-22(21(26)12-18)34-14-16-5-3-6-17(27)11-16/h3,5-6,8-9,11-13,15H,10,14H2,1-2H3,(H,28,33)(H,29,30,31). The molecule has 0 saturated carbocycles. The minimum absolute atomic E-state index is 0.197. The van der Waals surface area contributed by atoms with Crippen molar-refractivity contribution in [2.45, 2.75) is 6.61 Å². The first kappa shape index (κ1) is 24.3. The Labute approximate surface area is 210 Å². The molecule has 35 heavy (non-hydrogen) atoms. The molecule has 4 aromatic rings. The topological polar surface area (TPSA) is 79.4 Å². The van der Waals surface area contributed by atoms with Crippen molar-refractivity contribution in [1.82, 2.24) is 20.2 Å². The number of ether oxygens (including phenoxy) is 1. The van der Waals surface area contributed by atoms with E-state index in [0.29, 0.717) is 22.2 Å². The van der Waals surface area contributed by atoms with Gasteiger partial charge in [0.15, 0.2) is 0 Å². The number of nitrogens with zero attached hydrogens (tertiary/aromatic N) is 3. The summed E-state index contributed by atoms with van der Waals surface area (Å²) in [7, 11) is 3.34. The molecule has 0 aliphatic rings. The molecule has 0 atom stereocenters. The number of carbonyl (C=O) groups excluding carboxylic acids is 1. The van der Waals surface area contributed by atoms with Crippen molar-refractivity contribution in [2.75, 3.05) is 26.0 Å². The molecule has 0 fully saturated rings. The molecule has 178 valence electrons. The lowest BCUT2D eigenvalue weighted by Crippen LogP contribution is -2.34. The van der Waals surface area contributed by atoms with Crippen LogP contribution in [0, 0.1) is 17.7 Å². The Morgan fingerprint density at radius 1 is 1.20 bits per heavy atom. The summed E-state index contributed by atoms with van der Waals surface area (Å²) in [5, 5.41) is 7.19. The molecule has 7 nitrogen and oxygen atoms in total. The Hall–Kier alpha value is -3.87.